The van der Waals surface area contributed by atoms with E-state index in [1.54, 1.807) is 36.6 Å². The van der Waals surface area contributed by atoms with E-state index in [1.807, 2.05) is 0 Å². The number of nitrogens with zero attached hydrogens (tertiary/aromatic N) is 3. The van der Waals surface area contributed by atoms with Crippen LogP contribution in [0.4, 0.5) is 10.2 Å². The van der Waals surface area contributed by atoms with Gasteiger partial charge in [-0.05, 0) is 19.1 Å². The first kappa shape index (κ1) is 15.2. The summed E-state index contributed by atoms with van der Waals surface area (Å²) in [6, 6.07) is 7.85. The second kappa shape index (κ2) is 6.17. The number of hydrogen-bond acceptors (Lipinski definition) is 6. The SMILES string of the molecule is CCOC(=O)c1csc(-n2nc(-c3ccccc3F)cc2N)n1. The molecule has 0 fully saturated rings. The highest BCUT2D eigenvalue weighted by molar-refractivity contribution is 7.12. The van der Waals surface area contributed by atoms with E-state index in [9.17, 15) is 9.18 Å². The lowest BCUT2D eigenvalue weighted by molar-refractivity contribution is 0.0520. The number of rotatable bonds is 4. The number of benzene rings is 1. The van der Waals surface area contributed by atoms with E-state index < -0.39 is 5.97 Å². The standard InChI is InChI=1S/C15H13FN4O2S/c1-2-22-14(21)12-8-23-15(18-12)20-13(17)7-11(19-20)9-5-3-4-6-10(9)16/h3-8H,2,17H2,1H3. The fraction of sp³-hybridized carbons (Fsp3) is 0.133. The number of anilines is 1. The Kier molecular flexibility index (Phi) is 4.07. The van der Waals surface area contributed by atoms with Crippen LogP contribution in [-0.4, -0.2) is 27.3 Å². The van der Waals surface area contributed by atoms with E-state index >= 15 is 0 Å². The highest BCUT2D eigenvalue weighted by Crippen LogP contribution is 2.26. The molecule has 0 radical (unpaired) electrons. The molecule has 0 amide bonds. The summed E-state index contributed by atoms with van der Waals surface area (Å²) in [6.45, 7) is 1.99. The molecular formula is C15H13FN4O2S. The van der Waals surface area contributed by atoms with E-state index in [2.05, 4.69) is 10.1 Å². The zero-order valence-electron chi connectivity index (χ0n) is 12.2. The van der Waals surface area contributed by atoms with Gasteiger partial charge >= 0.3 is 5.97 Å². The Morgan fingerprint density at radius 2 is 2.22 bits per heavy atom. The van der Waals surface area contributed by atoms with E-state index in [4.69, 9.17) is 10.5 Å². The first-order valence-electron chi connectivity index (χ1n) is 6.83. The lowest BCUT2D eigenvalue weighted by Gasteiger charge is -1.99. The highest BCUT2D eigenvalue weighted by atomic mass is 32.1. The van der Waals surface area contributed by atoms with Gasteiger partial charge in [-0.15, -0.1) is 11.3 Å². The molecule has 2 heterocycles. The summed E-state index contributed by atoms with van der Waals surface area (Å²) in [7, 11) is 0. The number of nitrogens with two attached hydrogens (primary N) is 1. The average Bonchev–Trinajstić information content (AvgIpc) is 3.14. The molecule has 3 rings (SSSR count). The summed E-state index contributed by atoms with van der Waals surface area (Å²) in [6.07, 6.45) is 0. The van der Waals surface area contributed by atoms with Crippen molar-refractivity contribution in [3.8, 4) is 16.4 Å². The van der Waals surface area contributed by atoms with Crippen LogP contribution in [0.1, 0.15) is 17.4 Å². The zero-order valence-corrected chi connectivity index (χ0v) is 13.0. The third kappa shape index (κ3) is 2.93. The molecule has 0 bridgehead atoms. The van der Waals surface area contributed by atoms with Gasteiger partial charge < -0.3 is 10.5 Å². The minimum Gasteiger partial charge on any atom is -0.461 e. The number of thiazole rings is 1. The van der Waals surface area contributed by atoms with Gasteiger partial charge in [0.2, 0.25) is 5.13 Å². The third-order valence-corrected chi connectivity index (χ3v) is 3.86. The smallest absolute Gasteiger partial charge is 0.357 e. The molecule has 6 nitrogen and oxygen atoms in total. The summed E-state index contributed by atoms with van der Waals surface area (Å²) < 4.78 is 20.1. The Bertz CT molecular complexity index is 859. The van der Waals surface area contributed by atoms with E-state index in [-0.39, 0.29) is 18.1 Å². The Labute approximate surface area is 135 Å². The number of halogens is 1. The lowest BCUT2D eigenvalue weighted by Crippen LogP contribution is -2.06. The third-order valence-electron chi connectivity index (χ3n) is 3.04. The maximum Gasteiger partial charge on any atom is 0.357 e. The van der Waals surface area contributed by atoms with Crippen molar-refractivity contribution < 1.29 is 13.9 Å². The molecule has 0 aliphatic heterocycles. The number of carbonyl (C=O) groups is 1. The molecule has 23 heavy (non-hydrogen) atoms. The summed E-state index contributed by atoms with van der Waals surface area (Å²) in [5.41, 5.74) is 6.87. The van der Waals surface area contributed by atoms with Crippen LogP contribution in [0.2, 0.25) is 0 Å². The van der Waals surface area contributed by atoms with Gasteiger partial charge in [-0.2, -0.15) is 9.78 Å². The minimum atomic E-state index is -0.505. The molecule has 0 aliphatic carbocycles. The molecule has 1 aromatic carbocycles. The van der Waals surface area contributed by atoms with Crippen LogP contribution in [-0.2, 0) is 4.74 Å². The van der Waals surface area contributed by atoms with Crippen molar-refractivity contribution in [1.29, 1.82) is 0 Å². The van der Waals surface area contributed by atoms with Crippen LogP contribution in [0.5, 0.6) is 0 Å². The van der Waals surface area contributed by atoms with E-state index in [0.717, 1.165) is 0 Å². The number of hydrogen-bond donors (Lipinski definition) is 1. The van der Waals surface area contributed by atoms with E-state index in [0.29, 0.717) is 22.2 Å². The molecule has 8 heteroatoms. The normalized spacial score (nSPS) is 10.7. The van der Waals surface area contributed by atoms with Gasteiger partial charge in [-0.3, -0.25) is 0 Å². The van der Waals surface area contributed by atoms with Gasteiger partial charge in [0.1, 0.15) is 11.6 Å². The minimum absolute atomic E-state index is 0.189. The molecule has 0 aliphatic rings. The molecule has 0 saturated heterocycles. The number of ether oxygens (including phenoxy) is 1. The van der Waals surface area contributed by atoms with Crippen molar-refractivity contribution in [1.82, 2.24) is 14.8 Å². The molecule has 2 aromatic heterocycles. The molecule has 118 valence electrons. The average molecular weight is 332 g/mol. The summed E-state index contributed by atoms with van der Waals surface area (Å²) in [4.78, 5) is 15.8. The number of nitrogen functional groups attached to an aromatic ring is 1. The second-order valence-electron chi connectivity index (χ2n) is 4.58. The first-order chi connectivity index (χ1) is 11.1. The molecular weight excluding hydrogens is 319 g/mol. The van der Waals surface area contributed by atoms with Gasteiger partial charge in [0.05, 0.1) is 12.3 Å². The van der Waals surface area contributed by atoms with Gasteiger partial charge in [-0.25, -0.2) is 14.2 Å². The highest BCUT2D eigenvalue weighted by Gasteiger charge is 2.17. The second-order valence-corrected chi connectivity index (χ2v) is 5.42. The summed E-state index contributed by atoms with van der Waals surface area (Å²) >= 11 is 1.20. The summed E-state index contributed by atoms with van der Waals surface area (Å²) in [5.74, 6) is -0.591. The predicted molar refractivity (Wildman–Crippen MR) is 85.0 cm³/mol. The van der Waals surface area contributed by atoms with Crippen molar-refractivity contribution in [2.45, 2.75) is 6.92 Å². The topological polar surface area (TPSA) is 83.0 Å². The molecule has 0 spiro atoms. The Morgan fingerprint density at radius 3 is 2.96 bits per heavy atom. The monoisotopic (exact) mass is 332 g/mol. The van der Waals surface area contributed by atoms with Crippen molar-refractivity contribution in [2.24, 2.45) is 0 Å². The Hall–Kier alpha value is -2.74. The molecule has 3 aromatic rings. The maximum absolute atomic E-state index is 13.8. The van der Waals surface area contributed by atoms with Crippen LogP contribution in [0, 0.1) is 5.82 Å². The number of aromatic nitrogens is 3. The van der Waals surface area contributed by atoms with Gasteiger partial charge in [0.15, 0.2) is 5.69 Å². The maximum atomic E-state index is 13.8. The quantitative estimate of drug-likeness (QED) is 0.743. The van der Waals surface area contributed by atoms with Crippen LogP contribution in [0.3, 0.4) is 0 Å². The Balaban J connectivity index is 1.96. The largest absolute Gasteiger partial charge is 0.461 e. The predicted octanol–water partition coefficient (Wildman–Crippen LogP) is 2.89. The van der Waals surface area contributed by atoms with E-state index in [1.165, 1.54) is 22.1 Å². The van der Waals surface area contributed by atoms with Crippen molar-refractivity contribution in [3.05, 3.63) is 47.2 Å². The van der Waals surface area contributed by atoms with Crippen molar-refractivity contribution in [3.63, 3.8) is 0 Å². The molecule has 0 saturated carbocycles. The van der Waals surface area contributed by atoms with Gasteiger partial charge in [-0.1, -0.05) is 12.1 Å². The van der Waals surface area contributed by atoms with Crippen LogP contribution in [0.25, 0.3) is 16.4 Å². The fourth-order valence-corrected chi connectivity index (χ4v) is 2.77. The van der Waals surface area contributed by atoms with Gasteiger partial charge in [0.25, 0.3) is 0 Å². The number of carbonyl (C=O) groups excluding carboxylic acids is 1. The first-order valence-corrected chi connectivity index (χ1v) is 7.71. The zero-order chi connectivity index (χ0) is 16.4. The lowest BCUT2D eigenvalue weighted by atomic mass is 10.1. The van der Waals surface area contributed by atoms with Crippen molar-refractivity contribution in [2.75, 3.05) is 12.3 Å². The molecule has 0 atom stereocenters. The van der Waals surface area contributed by atoms with Crippen LogP contribution >= 0.6 is 11.3 Å². The fourth-order valence-electron chi connectivity index (χ4n) is 2.01. The Morgan fingerprint density at radius 1 is 1.43 bits per heavy atom. The van der Waals surface area contributed by atoms with Crippen molar-refractivity contribution >= 4 is 23.1 Å². The van der Waals surface area contributed by atoms with Crippen LogP contribution in [0.15, 0.2) is 35.7 Å². The molecule has 2 N–H and O–H groups in total. The molecule has 0 unspecified atom stereocenters. The summed E-state index contributed by atoms with van der Waals surface area (Å²) in [5, 5.41) is 6.25. The van der Waals surface area contributed by atoms with Gasteiger partial charge in [0, 0.05) is 17.0 Å². The van der Waals surface area contributed by atoms with Crippen LogP contribution < -0.4 is 5.73 Å². The number of esters is 1.